The minimum Gasteiger partial charge on any atom is -0.497 e. The van der Waals surface area contributed by atoms with Crippen LogP contribution in [0.4, 0.5) is 11.4 Å². The van der Waals surface area contributed by atoms with Gasteiger partial charge in [0.1, 0.15) is 11.4 Å². The van der Waals surface area contributed by atoms with Crippen molar-refractivity contribution in [2.45, 2.75) is 12.8 Å². The number of nitro groups is 1. The summed E-state index contributed by atoms with van der Waals surface area (Å²) in [7, 11) is 1.51. The van der Waals surface area contributed by atoms with Gasteiger partial charge in [0.15, 0.2) is 0 Å². The van der Waals surface area contributed by atoms with Crippen LogP contribution in [0.25, 0.3) is 0 Å². The maximum Gasteiger partial charge on any atom is 0.292 e. The molecule has 98 valence electrons. The fourth-order valence-electron chi connectivity index (χ4n) is 1.79. The number of nitrogens with zero attached hydrogens (tertiary/aromatic N) is 1. The average molecular weight is 252 g/mol. The van der Waals surface area contributed by atoms with E-state index in [1.807, 2.05) is 0 Å². The minimum absolute atomic E-state index is 0.0181. The third-order valence-electron chi connectivity index (χ3n) is 3.35. The van der Waals surface area contributed by atoms with Gasteiger partial charge >= 0.3 is 0 Å². The van der Waals surface area contributed by atoms with Gasteiger partial charge in [0.2, 0.25) is 0 Å². The van der Waals surface area contributed by atoms with Crippen LogP contribution in [0, 0.1) is 15.5 Å². The van der Waals surface area contributed by atoms with E-state index in [0.717, 1.165) is 12.8 Å². The van der Waals surface area contributed by atoms with E-state index in [0.29, 0.717) is 18.0 Å². The molecule has 1 aromatic rings. The van der Waals surface area contributed by atoms with Crippen LogP contribution in [0.3, 0.4) is 0 Å². The van der Waals surface area contributed by atoms with Crippen LogP contribution in [0.2, 0.25) is 0 Å². The first kappa shape index (κ1) is 12.6. The fourth-order valence-corrected chi connectivity index (χ4v) is 1.79. The van der Waals surface area contributed by atoms with Gasteiger partial charge in [-0.25, -0.2) is 0 Å². The van der Waals surface area contributed by atoms with Crippen molar-refractivity contribution in [2.24, 2.45) is 5.41 Å². The molecule has 0 radical (unpaired) electrons. The smallest absolute Gasteiger partial charge is 0.292 e. The van der Waals surface area contributed by atoms with E-state index in [4.69, 9.17) is 4.74 Å². The molecular formula is C12H16N2O4. The lowest BCUT2D eigenvalue weighted by Gasteiger charge is -2.14. The summed E-state index contributed by atoms with van der Waals surface area (Å²) in [5.41, 5.74) is 0.348. The third-order valence-corrected chi connectivity index (χ3v) is 3.35. The van der Waals surface area contributed by atoms with Gasteiger partial charge in [0, 0.05) is 24.1 Å². The summed E-state index contributed by atoms with van der Waals surface area (Å²) in [6, 6.07) is 4.58. The maximum absolute atomic E-state index is 10.9. The van der Waals surface area contributed by atoms with Crippen LogP contribution in [0.5, 0.6) is 5.75 Å². The number of benzene rings is 1. The van der Waals surface area contributed by atoms with Crippen molar-refractivity contribution in [1.29, 1.82) is 0 Å². The summed E-state index contributed by atoms with van der Waals surface area (Å²) < 4.78 is 5.05. The molecule has 2 rings (SSSR count). The van der Waals surface area contributed by atoms with Crippen LogP contribution in [-0.2, 0) is 0 Å². The predicted molar refractivity (Wildman–Crippen MR) is 66.9 cm³/mol. The van der Waals surface area contributed by atoms with Crippen molar-refractivity contribution >= 4 is 11.4 Å². The van der Waals surface area contributed by atoms with Gasteiger partial charge < -0.3 is 15.2 Å². The van der Waals surface area contributed by atoms with Crippen molar-refractivity contribution in [2.75, 3.05) is 25.6 Å². The summed E-state index contributed by atoms with van der Waals surface area (Å²) in [6.07, 6.45) is 1.91. The van der Waals surface area contributed by atoms with Gasteiger partial charge in [-0.3, -0.25) is 10.1 Å². The number of nitrogens with one attached hydrogen (secondary N) is 1. The van der Waals surface area contributed by atoms with E-state index < -0.39 is 4.92 Å². The van der Waals surface area contributed by atoms with Crippen LogP contribution < -0.4 is 10.1 Å². The average Bonchev–Trinajstić information content (AvgIpc) is 3.16. The Morgan fingerprint density at radius 2 is 2.28 bits per heavy atom. The normalized spacial score (nSPS) is 16.1. The highest BCUT2D eigenvalue weighted by Crippen LogP contribution is 2.45. The Morgan fingerprint density at radius 3 is 2.78 bits per heavy atom. The summed E-state index contributed by atoms with van der Waals surface area (Å²) in [4.78, 5) is 10.5. The van der Waals surface area contributed by atoms with Crippen LogP contribution >= 0.6 is 0 Å². The second-order valence-corrected chi connectivity index (χ2v) is 4.65. The summed E-state index contributed by atoms with van der Waals surface area (Å²) in [5.74, 6) is 0.567. The first-order valence-electron chi connectivity index (χ1n) is 5.77. The van der Waals surface area contributed by atoms with E-state index in [1.165, 1.54) is 13.2 Å². The number of methoxy groups -OCH3 is 1. The topological polar surface area (TPSA) is 84.6 Å². The molecule has 1 saturated carbocycles. The molecule has 6 nitrogen and oxygen atoms in total. The van der Waals surface area contributed by atoms with E-state index in [-0.39, 0.29) is 17.7 Å². The Bertz CT molecular complexity index is 457. The number of hydrogen-bond acceptors (Lipinski definition) is 5. The summed E-state index contributed by atoms with van der Waals surface area (Å²) in [5, 5.41) is 23.2. The van der Waals surface area contributed by atoms with Crippen LogP contribution in [-0.4, -0.2) is 30.3 Å². The first-order valence-corrected chi connectivity index (χ1v) is 5.77. The van der Waals surface area contributed by atoms with Crippen molar-refractivity contribution in [3.05, 3.63) is 28.3 Å². The molecule has 0 saturated heterocycles. The van der Waals surface area contributed by atoms with Gasteiger partial charge in [0.25, 0.3) is 5.69 Å². The standard InChI is InChI=1S/C12H16N2O4/c1-18-9-2-3-11(14(16)17)10(6-9)13-7-12(8-15)4-5-12/h2-3,6,13,15H,4-5,7-8H2,1H3. The number of aliphatic hydroxyl groups excluding tert-OH is 1. The lowest BCUT2D eigenvalue weighted by Crippen LogP contribution is -2.19. The largest absolute Gasteiger partial charge is 0.497 e. The molecule has 6 heteroatoms. The summed E-state index contributed by atoms with van der Waals surface area (Å²) in [6.45, 7) is 0.648. The number of aliphatic hydroxyl groups is 1. The quantitative estimate of drug-likeness (QED) is 0.595. The molecule has 0 aliphatic heterocycles. The van der Waals surface area contributed by atoms with Gasteiger partial charge in [-0.2, -0.15) is 0 Å². The number of ether oxygens (including phenoxy) is 1. The van der Waals surface area contributed by atoms with E-state index in [1.54, 1.807) is 12.1 Å². The number of hydrogen-bond donors (Lipinski definition) is 2. The van der Waals surface area contributed by atoms with Gasteiger partial charge in [-0.1, -0.05) is 0 Å². The number of anilines is 1. The Morgan fingerprint density at radius 1 is 1.56 bits per heavy atom. The van der Waals surface area contributed by atoms with Crippen LogP contribution in [0.15, 0.2) is 18.2 Å². The van der Waals surface area contributed by atoms with E-state index in [2.05, 4.69) is 5.32 Å². The molecule has 0 aromatic heterocycles. The zero-order valence-electron chi connectivity index (χ0n) is 10.2. The molecule has 0 heterocycles. The van der Waals surface area contributed by atoms with E-state index >= 15 is 0 Å². The lowest BCUT2D eigenvalue weighted by molar-refractivity contribution is -0.384. The zero-order valence-corrected chi connectivity index (χ0v) is 10.2. The molecule has 1 fully saturated rings. The number of rotatable bonds is 6. The molecule has 0 amide bonds. The van der Waals surface area contributed by atoms with Crippen LogP contribution in [0.1, 0.15) is 12.8 Å². The molecule has 0 spiro atoms. The highest BCUT2D eigenvalue weighted by molar-refractivity contribution is 5.64. The Kier molecular flexibility index (Phi) is 3.38. The summed E-state index contributed by atoms with van der Waals surface area (Å²) >= 11 is 0. The van der Waals surface area contributed by atoms with Crippen molar-refractivity contribution in [1.82, 2.24) is 0 Å². The minimum atomic E-state index is -0.430. The highest BCUT2D eigenvalue weighted by atomic mass is 16.6. The van der Waals surface area contributed by atoms with Gasteiger partial charge in [-0.05, 0) is 18.9 Å². The van der Waals surface area contributed by atoms with Gasteiger partial charge in [-0.15, -0.1) is 0 Å². The molecule has 1 aliphatic carbocycles. The predicted octanol–water partition coefficient (Wildman–Crippen LogP) is 1.79. The molecule has 0 unspecified atom stereocenters. The molecule has 1 aromatic carbocycles. The lowest BCUT2D eigenvalue weighted by atomic mass is 10.1. The van der Waals surface area contributed by atoms with Gasteiger partial charge in [0.05, 0.1) is 18.6 Å². The maximum atomic E-state index is 10.9. The molecule has 0 bridgehead atoms. The third kappa shape index (κ3) is 2.53. The molecule has 0 atom stereocenters. The Labute approximate surface area is 105 Å². The Hall–Kier alpha value is -1.82. The molecule has 1 aliphatic rings. The zero-order chi connectivity index (χ0) is 13.2. The molecule has 18 heavy (non-hydrogen) atoms. The van der Waals surface area contributed by atoms with E-state index in [9.17, 15) is 15.2 Å². The monoisotopic (exact) mass is 252 g/mol. The van der Waals surface area contributed by atoms with Crippen molar-refractivity contribution in [3.8, 4) is 5.75 Å². The fraction of sp³-hybridized carbons (Fsp3) is 0.500. The van der Waals surface area contributed by atoms with Crippen molar-refractivity contribution < 1.29 is 14.8 Å². The molecule has 2 N–H and O–H groups in total. The Balaban J connectivity index is 2.16. The second-order valence-electron chi connectivity index (χ2n) is 4.65. The first-order chi connectivity index (χ1) is 8.60. The van der Waals surface area contributed by atoms with Crippen molar-refractivity contribution in [3.63, 3.8) is 0 Å². The SMILES string of the molecule is COc1ccc([N+](=O)[O-])c(NCC2(CO)CC2)c1. The second kappa shape index (κ2) is 4.81. The highest BCUT2D eigenvalue weighted by Gasteiger charge is 2.42. The molecular weight excluding hydrogens is 236 g/mol. The number of nitro benzene ring substituents is 1.